The molecule has 0 fully saturated rings. The second kappa shape index (κ2) is 5.92. The maximum Gasteiger partial charge on any atom is 0.303 e. The maximum atomic E-state index is 10.6. The number of aliphatic carboxylic acids is 2. The lowest BCUT2D eigenvalue weighted by atomic mass is 9.97. The van der Waals surface area contributed by atoms with Crippen LogP contribution in [0.25, 0.3) is 0 Å². The molecule has 0 atom stereocenters. The number of hydroxylamine groups is 1. The van der Waals surface area contributed by atoms with Crippen molar-refractivity contribution < 1.29 is 29.8 Å². The Labute approximate surface area is 79.3 Å². The van der Waals surface area contributed by atoms with Crippen molar-refractivity contribution in [3.8, 4) is 0 Å². The van der Waals surface area contributed by atoms with Crippen LogP contribution in [-0.4, -0.2) is 33.3 Å². The summed E-state index contributed by atoms with van der Waals surface area (Å²) >= 11 is 0. The van der Waals surface area contributed by atoms with Gasteiger partial charge in [-0.1, -0.05) is 0 Å². The maximum absolute atomic E-state index is 10.6. The van der Waals surface area contributed by atoms with Crippen molar-refractivity contribution >= 4 is 17.8 Å². The Kier molecular flexibility index (Phi) is 5.23. The lowest BCUT2D eigenvalue weighted by Crippen LogP contribution is -2.24. The van der Waals surface area contributed by atoms with Crippen molar-refractivity contribution in [3.63, 3.8) is 0 Å². The number of hydrogen-bond acceptors (Lipinski definition) is 4. The standard InChI is InChI=1S/C7H11NO6/c9-5(8-14)1-4(2-6(10)11)3-7(12)13/h4,14H,1-3H2,(H,8,9)(H,10,11)(H,12,13). The molecule has 0 unspecified atom stereocenters. The average molecular weight is 205 g/mol. The molecule has 14 heavy (non-hydrogen) atoms. The first-order valence-corrected chi connectivity index (χ1v) is 3.82. The fraction of sp³-hybridized carbons (Fsp3) is 0.571. The van der Waals surface area contributed by atoms with Gasteiger partial charge in [0, 0.05) is 19.3 Å². The molecule has 0 bridgehead atoms. The van der Waals surface area contributed by atoms with E-state index in [0.29, 0.717) is 0 Å². The fourth-order valence-corrected chi connectivity index (χ4v) is 1.02. The van der Waals surface area contributed by atoms with Gasteiger partial charge in [-0.05, 0) is 5.92 Å². The lowest BCUT2D eigenvalue weighted by Gasteiger charge is -2.09. The molecule has 7 nitrogen and oxygen atoms in total. The van der Waals surface area contributed by atoms with E-state index in [-0.39, 0.29) is 6.42 Å². The first-order chi connectivity index (χ1) is 6.45. The van der Waals surface area contributed by atoms with Crippen LogP contribution >= 0.6 is 0 Å². The summed E-state index contributed by atoms with van der Waals surface area (Å²) in [5.74, 6) is -3.96. The summed E-state index contributed by atoms with van der Waals surface area (Å²) in [5.41, 5.74) is 1.32. The topological polar surface area (TPSA) is 124 Å². The van der Waals surface area contributed by atoms with Gasteiger partial charge in [-0.2, -0.15) is 0 Å². The van der Waals surface area contributed by atoms with Crippen LogP contribution in [0.1, 0.15) is 19.3 Å². The normalized spacial score (nSPS) is 9.86. The van der Waals surface area contributed by atoms with E-state index in [1.165, 1.54) is 5.48 Å². The van der Waals surface area contributed by atoms with E-state index in [9.17, 15) is 14.4 Å². The molecule has 0 saturated carbocycles. The van der Waals surface area contributed by atoms with Gasteiger partial charge in [-0.25, -0.2) is 5.48 Å². The Morgan fingerprint density at radius 1 is 1.00 bits per heavy atom. The molecular weight excluding hydrogens is 194 g/mol. The zero-order chi connectivity index (χ0) is 11.1. The van der Waals surface area contributed by atoms with Crippen molar-refractivity contribution in [1.82, 2.24) is 5.48 Å². The van der Waals surface area contributed by atoms with E-state index < -0.39 is 36.6 Å². The van der Waals surface area contributed by atoms with Crippen molar-refractivity contribution in [2.75, 3.05) is 0 Å². The Morgan fingerprint density at radius 3 is 1.71 bits per heavy atom. The minimum Gasteiger partial charge on any atom is -0.481 e. The van der Waals surface area contributed by atoms with Crippen molar-refractivity contribution in [2.24, 2.45) is 5.92 Å². The van der Waals surface area contributed by atoms with E-state index in [0.717, 1.165) is 0 Å². The second-order valence-electron chi connectivity index (χ2n) is 2.80. The van der Waals surface area contributed by atoms with Crippen molar-refractivity contribution in [3.05, 3.63) is 0 Å². The Hall–Kier alpha value is -1.63. The average Bonchev–Trinajstić information content (AvgIpc) is 2.01. The summed E-state index contributed by atoms with van der Waals surface area (Å²) in [6.07, 6.45) is -1.16. The highest BCUT2D eigenvalue weighted by Crippen LogP contribution is 2.13. The van der Waals surface area contributed by atoms with Gasteiger partial charge in [0.2, 0.25) is 5.91 Å². The Bertz CT molecular complexity index is 222. The number of carbonyl (C=O) groups is 3. The molecule has 0 aliphatic rings. The number of rotatable bonds is 6. The second-order valence-corrected chi connectivity index (χ2v) is 2.80. The highest BCUT2D eigenvalue weighted by atomic mass is 16.5. The summed E-state index contributed by atoms with van der Waals surface area (Å²) in [4.78, 5) is 31.2. The molecule has 0 spiro atoms. The zero-order valence-electron chi connectivity index (χ0n) is 7.27. The summed E-state index contributed by atoms with van der Waals surface area (Å²) in [6.45, 7) is 0. The highest BCUT2D eigenvalue weighted by molar-refractivity contribution is 5.77. The Balaban J connectivity index is 4.16. The number of amides is 1. The molecule has 7 heteroatoms. The third kappa shape index (κ3) is 5.95. The predicted molar refractivity (Wildman–Crippen MR) is 42.5 cm³/mol. The van der Waals surface area contributed by atoms with E-state index in [1.54, 1.807) is 0 Å². The van der Waals surface area contributed by atoms with Gasteiger partial charge in [0.1, 0.15) is 0 Å². The van der Waals surface area contributed by atoms with Gasteiger partial charge in [0.25, 0.3) is 0 Å². The monoisotopic (exact) mass is 205 g/mol. The molecule has 0 radical (unpaired) electrons. The van der Waals surface area contributed by atoms with Gasteiger partial charge in [0.15, 0.2) is 0 Å². The van der Waals surface area contributed by atoms with Crippen LogP contribution in [0.15, 0.2) is 0 Å². The molecular formula is C7H11NO6. The number of carboxylic acid groups (broad SMARTS) is 2. The van der Waals surface area contributed by atoms with Crippen molar-refractivity contribution in [2.45, 2.75) is 19.3 Å². The van der Waals surface area contributed by atoms with Crippen LogP contribution in [0.4, 0.5) is 0 Å². The molecule has 0 heterocycles. The van der Waals surface area contributed by atoms with Crippen LogP contribution < -0.4 is 5.48 Å². The SMILES string of the molecule is O=C(O)CC(CC(=O)O)CC(=O)NO. The summed E-state index contributed by atoms with van der Waals surface area (Å²) in [6, 6.07) is 0. The summed E-state index contributed by atoms with van der Waals surface area (Å²) < 4.78 is 0. The van der Waals surface area contributed by atoms with Crippen LogP contribution in [0.2, 0.25) is 0 Å². The van der Waals surface area contributed by atoms with Gasteiger partial charge in [-0.3, -0.25) is 19.6 Å². The van der Waals surface area contributed by atoms with Crippen LogP contribution in [0, 0.1) is 5.92 Å². The molecule has 0 aliphatic heterocycles. The van der Waals surface area contributed by atoms with E-state index in [4.69, 9.17) is 15.4 Å². The van der Waals surface area contributed by atoms with Gasteiger partial charge >= 0.3 is 11.9 Å². The first-order valence-electron chi connectivity index (χ1n) is 3.82. The molecule has 80 valence electrons. The van der Waals surface area contributed by atoms with Crippen molar-refractivity contribution in [1.29, 1.82) is 0 Å². The third-order valence-electron chi connectivity index (χ3n) is 1.53. The van der Waals surface area contributed by atoms with Crippen LogP contribution in [-0.2, 0) is 14.4 Å². The molecule has 0 saturated heterocycles. The highest BCUT2D eigenvalue weighted by Gasteiger charge is 2.19. The Morgan fingerprint density at radius 2 is 1.43 bits per heavy atom. The fourth-order valence-electron chi connectivity index (χ4n) is 1.02. The minimum absolute atomic E-state index is 0.324. The molecule has 1 amide bonds. The zero-order valence-corrected chi connectivity index (χ0v) is 7.27. The largest absolute Gasteiger partial charge is 0.481 e. The van der Waals surface area contributed by atoms with Gasteiger partial charge < -0.3 is 10.2 Å². The number of carbonyl (C=O) groups excluding carboxylic acids is 1. The molecule has 4 N–H and O–H groups in total. The molecule has 0 aromatic rings. The third-order valence-corrected chi connectivity index (χ3v) is 1.53. The number of nitrogens with one attached hydrogen (secondary N) is 1. The van der Waals surface area contributed by atoms with Crippen LogP contribution in [0.5, 0.6) is 0 Å². The van der Waals surface area contributed by atoms with E-state index in [1.807, 2.05) is 0 Å². The molecule has 0 aromatic carbocycles. The first kappa shape index (κ1) is 12.4. The number of hydrogen-bond donors (Lipinski definition) is 4. The number of carboxylic acids is 2. The van der Waals surface area contributed by atoms with E-state index in [2.05, 4.69) is 0 Å². The smallest absolute Gasteiger partial charge is 0.303 e. The molecule has 0 aromatic heterocycles. The predicted octanol–water partition coefficient (Wildman–Crippen LogP) is -0.552. The quantitative estimate of drug-likeness (QED) is 0.340. The van der Waals surface area contributed by atoms with Gasteiger partial charge in [-0.15, -0.1) is 0 Å². The molecule has 0 aliphatic carbocycles. The summed E-state index contributed by atoms with van der Waals surface area (Å²) in [7, 11) is 0. The molecule has 0 rings (SSSR count). The van der Waals surface area contributed by atoms with Crippen LogP contribution in [0.3, 0.4) is 0 Å². The van der Waals surface area contributed by atoms with E-state index >= 15 is 0 Å². The lowest BCUT2D eigenvalue weighted by molar-refractivity contribution is -0.141. The minimum atomic E-state index is -1.18. The van der Waals surface area contributed by atoms with Gasteiger partial charge in [0.05, 0.1) is 0 Å². The summed E-state index contributed by atoms with van der Waals surface area (Å²) in [5, 5.41) is 24.9.